The van der Waals surface area contributed by atoms with Crippen LogP contribution in [0, 0.1) is 5.92 Å². The molecule has 0 aromatic carbocycles. The van der Waals surface area contributed by atoms with Crippen LogP contribution in [0.3, 0.4) is 0 Å². The molecule has 19 heavy (non-hydrogen) atoms. The van der Waals surface area contributed by atoms with Gasteiger partial charge in [-0.05, 0) is 25.7 Å². The minimum atomic E-state index is -0.653. The van der Waals surface area contributed by atoms with E-state index < -0.39 is 5.97 Å². The topological polar surface area (TPSA) is 94.3 Å². The smallest absolute Gasteiger partial charge is 0.396 e. The molecule has 1 aromatic heterocycles. The van der Waals surface area contributed by atoms with Crippen molar-refractivity contribution < 1.29 is 18.7 Å². The zero-order valence-electron chi connectivity index (χ0n) is 10.5. The molecule has 7 nitrogen and oxygen atoms in total. The van der Waals surface area contributed by atoms with Gasteiger partial charge in [-0.1, -0.05) is 16.9 Å². The average molecular weight is 285 g/mol. The quantitative estimate of drug-likeness (QED) is 0.586. The summed E-state index contributed by atoms with van der Waals surface area (Å²) in [7, 11) is 0. The van der Waals surface area contributed by atoms with Crippen LogP contribution in [-0.2, 0) is 9.53 Å². The first-order valence-electron chi connectivity index (χ1n) is 6.09. The Morgan fingerprint density at radius 1 is 1.47 bits per heavy atom. The molecule has 1 saturated carbocycles. The first-order chi connectivity index (χ1) is 9.19. The van der Waals surface area contributed by atoms with Crippen molar-refractivity contribution in [2.24, 2.45) is 5.92 Å². The van der Waals surface area contributed by atoms with E-state index in [0.29, 0.717) is 5.92 Å². The Hall–Kier alpha value is -1.57. The highest BCUT2D eigenvalue weighted by Crippen LogP contribution is 2.27. The number of carbonyl (C=O) groups is 2. The van der Waals surface area contributed by atoms with Crippen molar-refractivity contribution in [3.63, 3.8) is 0 Å². The molecule has 1 fully saturated rings. The van der Waals surface area contributed by atoms with Crippen LogP contribution in [0.5, 0.6) is 0 Å². The van der Waals surface area contributed by atoms with Gasteiger partial charge < -0.3 is 14.5 Å². The first-order valence-corrected chi connectivity index (χ1v) is 7.07. The molecule has 0 bridgehead atoms. The molecular weight excluding hydrogens is 270 g/mol. The lowest BCUT2D eigenvalue weighted by Crippen LogP contribution is -2.27. The summed E-state index contributed by atoms with van der Waals surface area (Å²) in [6.07, 6.45) is 2.39. The molecule has 0 atom stereocenters. The van der Waals surface area contributed by atoms with Gasteiger partial charge in [0.05, 0.1) is 12.4 Å². The standard InChI is InChI=1S/C11H15N3O4S/c1-2-17-10(16)9-13-14-11(18-9)19-6-8(15)12-5-7-3-4-7/h7H,2-6H2,1H3,(H,12,15). The largest absolute Gasteiger partial charge is 0.459 e. The number of hydrogen-bond acceptors (Lipinski definition) is 7. The van der Waals surface area contributed by atoms with Crippen LogP contribution in [0.15, 0.2) is 9.64 Å². The molecule has 1 amide bonds. The van der Waals surface area contributed by atoms with E-state index in [1.807, 2.05) is 0 Å². The maximum atomic E-state index is 11.5. The zero-order chi connectivity index (χ0) is 13.7. The summed E-state index contributed by atoms with van der Waals surface area (Å²) in [5.41, 5.74) is 0. The molecule has 1 aromatic rings. The van der Waals surface area contributed by atoms with Crippen molar-refractivity contribution >= 4 is 23.6 Å². The normalized spacial score (nSPS) is 14.2. The van der Waals surface area contributed by atoms with Gasteiger partial charge in [-0.3, -0.25) is 4.79 Å². The van der Waals surface area contributed by atoms with Gasteiger partial charge in [0.25, 0.3) is 5.22 Å². The van der Waals surface area contributed by atoms with Gasteiger partial charge in [0, 0.05) is 6.54 Å². The number of rotatable bonds is 7. The third-order valence-electron chi connectivity index (χ3n) is 2.47. The molecule has 1 N–H and O–H groups in total. The highest BCUT2D eigenvalue weighted by atomic mass is 32.2. The Labute approximate surface area is 114 Å². The number of nitrogens with one attached hydrogen (secondary N) is 1. The molecule has 1 aliphatic rings. The van der Waals surface area contributed by atoms with Gasteiger partial charge in [-0.15, -0.1) is 5.10 Å². The summed E-state index contributed by atoms with van der Waals surface area (Å²) in [6, 6.07) is 0. The highest BCUT2D eigenvalue weighted by molar-refractivity contribution is 7.99. The average Bonchev–Trinajstić information content (AvgIpc) is 3.10. The lowest BCUT2D eigenvalue weighted by atomic mass is 10.4. The Morgan fingerprint density at radius 3 is 2.95 bits per heavy atom. The predicted molar refractivity (Wildman–Crippen MR) is 66.7 cm³/mol. The SMILES string of the molecule is CCOC(=O)c1nnc(SCC(=O)NCC2CC2)o1. The van der Waals surface area contributed by atoms with E-state index in [2.05, 4.69) is 15.5 Å². The van der Waals surface area contributed by atoms with Crippen molar-refractivity contribution in [2.45, 2.75) is 25.0 Å². The molecule has 8 heteroatoms. The van der Waals surface area contributed by atoms with E-state index in [1.165, 1.54) is 12.8 Å². The fourth-order valence-electron chi connectivity index (χ4n) is 1.30. The maximum Gasteiger partial charge on any atom is 0.396 e. The Kier molecular flexibility index (Phi) is 4.78. The van der Waals surface area contributed by atoms with Gasteiger partial charge in [-0.2, -0.15) is 0 Å². The summed E-state index contributed by atoms with van der Waals surface area (Å²) < 4.78 is 9.79. The van der Waals surface area contributed by atoms with Gasteiger partial charge in [0.1, 0.15) is 0 Å². The number of carbonyl (C=O) groups excluding carboxylic acids is 2. The number of ether oxygens (including phenoxy) is 1. The number of hydrogen-bond donors (Lipinski definition) is 1. The number of amides is 1. The van der Waals surface area contributed by atoms with E-state index in [-0.39, 0.29) is 29.4 Å². The Balaban J connectivity index is 1.72. The second kappa shape index (κ2) is 6.55. The molecule has 2 rings (SSSR count). The van der Waals surface area contributed by atoms with E-state index in [1.54, 1.807) is 6.92 Å². The third-order valence-corrected chi connectivity index (χ3v) is 3.29. The van der Waals surface area contributed by atoms with Crippen LogP contribution in [0.25, 0.3) is 0 Å². The van der Waals surface area contributed by atoms with Gasteiger partial charge in [0.15, 0.2) is 0 Å². The van der Waals surface area contributed by atoms with E-state index in [4.69, 9.17) is 9.15 Å². The number of nitrogens with zero attached hydrogens (tertiary/aromatic N) is 2. The summed E-state index contributed by atoms with van der Waals surface area (Å²) in [5.74, 6) is -0.0830. The molecule has 1 aliphatic carbocycles. The minimum Gasteiger partial charge on any atom is -0.459 e. The van der Waals surface area contributed by atoms with E-state index in [9.17, 15) is 9.59 Å². The van der Waals surface area contributed by atoms with Crippen molar-refractivity contribution in [1.29, 1.82) is 0 Å². The van der Waals surface area contributed by atoms with Crippen LogP contribution in [0.2, 0.25) is 0 Å². The molecular formula is C11H15N3O4S. The number of aromatic nitrogens is 2. The molecule has 104 valence electrons. The second-order valence-corrected chi connectivity index (χ2v) is 5.06. The number of thioether (sulfide) groups is 1. The Morgan fingerprint density at radius 2 is 2.26 bits per heavy atom. The van der Waals surface area contributed by atoms with E-state index in [0.717, 1.165) is 18.3 Å². The second-order valence-electron chi connectivity index (χ2n) is 4.13. The molecule has 0 radical (unpaired) electrons. The first kappa shape index (κ1) is 13.9. The fraction of sp³-hybridized carbons (Fsp3) is 0.636. The summed E-state index contributed by atoms with van der Waals surface area (Å²) in [5, 5.41) is 10.2. The monoisotopic (exact) mass is 285 g/mol. The van der Waals surface area contributed by atoms with Crippen LogP contribution in [0.1, 0.15) is 30.5 Å². The summed E-state index contributed by atoms with van der Waals surface area (Å²) >= 11 is 1.10. The number of esters is 1. The van der Waals surface area contributed by atoms with Crippen molar-refractivity contribution in [2.75, 3.05) is 18.9 Å². The highest BCUT2D eigenvalue weighted by Gasteiger charge is 2.22. The van der Waals surface area contributed by atoms with Crippen LogP contribution < -0.4 is 5.32 Å². The molecule has 0 aliphatic heterocycles. The zero-order valence-corrected chi connectivity index (χ0v) is 11.4. The molecule has 1 heterocycles. The lowest BCUT2D eigenvalue weighted by molar-refractivity contribution is -0.118. The predicted octanol–water partition coefficient (Wildman–Crippen LogP) is 0.865. The summed E-state index contributed by atoms with van der Waals surface area (Å²) in [6.45, 7) is 2.67. The van der Waals surface area contributed by atoms with Gasteiger partial charge in [0.2, 0.25) is 5.91 Å². The van der Waals surface area contributed by atoms with Crippen molar-refractivity contribution in [3.05, 3.63) is 5.89 Å². The van der Waals surface area contributed by atoms with Crippen LogP contribution in [0.4, 0.5) is 0 Å². The molecule has 0 saturated heterocycles. The van der Waals surface area contributed by atoms with Gasteiger partial charge >= 0.3 is 11.9 Å². The van der Waals surface area contributed by atoms with Crippen molar-refractivity contribution in [1.82, 2.24) is 15.5 Å². The maximum absolute atomic E-state index is 11.5. The molecule has 0 spiro atoms. The molecule has 0 unspecified atom stereocenters. The fourth-order valence-corrected chi connectivity index (χ4v) is 1.89. The van der Waals surface area contributed by atoms with Gasteiger partial charge in [-0.25, -0.2) is 4.79 Å². The summed E-state index contributed by atoms with van der Waals surface area (Å²) in [4.78, 5) is 22.8. The third kappa shape index (κ3) is 4.55. The van der Waals surface area contributed by atoms with Crippen molar-refractivity contribution in [3.8, 4) is 0 Å². The van der Waals surface area contributed by atoms with Crippen LogP contribution >= 0.6 is 11.8 Å². The minimum absolute atomic E-state index is 0.0761. The lowest BCUT2D eigenvalue weighted by Gasteiger charge is -2.01. The van der Waals surface area contributed by atoms with E-state index >= 15 is 0 Å². The van der Waals surface area contributed by atoms with Crippen LogP contribution in [-0.4, -0.2) is 41.0 Å². The Bertz CT molecular complexity index is 459.